The molecule has 1 fully saturated rings. The molecule has 2 heteroatoms. The second kappa shape index (κ2) is 3.85. The standard InChI is InChI=1S/C14H17NO/c16-14(11-4-5-11)9-10-3-6-13-12(8-10)2-1-7-15-13/h3,6,8,15-16H,1-2,4-5,7,9H2. The van der Waals surface area contributed by atoms with Crippen molar-refractivity contribution >= 4 is 5.69 Å². The molecule has 1 saturated carbocycles. The van der Waals surface area contributed by atoms with Gasteiger partial charge in [-0.25, -0.2) is 0 Å². The van der Waals surface area contributed by atoms with Gasteiger partial charge in [-0.2, -0.15) is 0 Å². The zero-order valence-corrected chi connectivity index (χ0v) is 9.42. The number of aliphatic hydroxyl groups excluding tert-OH is 1. The van der Waals surface area contributed by atoms with Crippen molar-refractivity contribution in [2.75, 3.05) is 11.9 Å². The molecule has 0 atom stereocenters. The van der Waals surface area contributed by atoms with E-state index in [2.05, 4.69) is 23.5 Å². The average Bonchev–Trinajstić information content (AvgIpc) is 3.12. The van der Waals surface area contributed by atoms with Crippen molar-refractivity contribution < 1.29 is 5.11 Å². The Hall–Kier alpha value is -1.44. The first kappa shape index (κ1) is 9.76. The van der Waals surface area contributed by atoms with Gasteiger partial charge in [0.15, 0.2) is 0 Å². The number of nitrogens with one attached hydrogen (secondary N) is 1. The third-order valence-corrected chi connectivity index (χ3v) is 3.39. The molecule has 1 aliphatic carbocycles. The molecule has 2 N–H and O–H groups in total. The molecule has 1 heterocycles. The molecule has 1 aromatic carbocycles. The van der Waals surface area contributed by atoms with Crippen molar-refractivity contribution in [1.29, 1.82) is 0 Å². The van der Waals surface area contributed by atoms with Gasteiger partial charge >= 0.3 is 0 Å². The van der Waals surface area contributed by atoms with Gasteiger partial charge in [0.2, 0.25) is 0 Å². The number of hydrogen-bond acceptors (Lipinski definition) is 2. The molecule has 1 aliphatic heterocycles. The van der Waals surface area contributed by atoms with E-state index < -0.39 is 0 Å². The Morgan fingerprint density at radius 2 is 2.12 bits per heavy atom. The number of rotatable bonds is 2. The second-order valence-electron chi connectivity index (χ2n) is 4.75. The summed E-state index contributed by atoms with van der Waals surface area (Å²) in [5.74, 6) is 0.601. The summed E-state index contributed by atoms with van der Waals surface area (Å²) in [6.45, 7) is 1.08. The molecule has 0 aromatic heterocycles. The summed E-state index contributed by atoms with van der Waals surface area (Å²) in [6, 6.07) is 6.51. The number of aliphatic hydroxyl groups is 1. The van der Waals surface area contributed by atoms with E-state index in [1.54, 1.807) is 0 Å². The Bertz CT molecular complexity index is 442. The van der Waals surface area contributed by atoms with Crippen LogP contribution in [0.2, 0.25) is 0 Å². The molecule has 2 nitrogen and oxygen atoms in total. The maximum atomic E-state index is 9.81. The summed E-state index contributed by atoms with van der Waals surface area (Å²) in [4.78, 5) is 0. The van der Waals surface area contributed by atoms with Crippen molar-refractivity contribution in [3.63, 3.8) is 0 Å². The average molecular weight is 215 g/mol. The molecule has 3 rings (SSSR count). The van der Waals surface area contributed by atoms with Crippen LogP contribution in [0, 0.1) is 0 Å². The van der Waals surface area contributed by atoms with Gasteiger partial charge in [-0.15, -0.1) is 0 Å². The summed E-state index contributed by atoms with van der Waals surface area (Å²) in [6.07, 6.45) is 5.27. The van der Waals surface area contributed by atoms with Crippen LogP contribution in [0.15, 0.2) is 29.5 Å². The Morgan fingerprint density at radius 3 is 2.94 bits per heavy atom. The van der Waals surface area contributed by atoms with Crippen molar-refractivity contribution in [3.05, 3.63) is 40.7 Å². The van der Waals surface area contributed by atoms with Crippen LogP contribution in [0.3, 0.4) is 0 Å². The van der Waals surface area contributed by atoms with Gasteiger partial charge in [0.25, 0.3) is 0 Å². The molecule has 0 bridgehead atoms. The van der Waals surface area contributed by atoms with Crippen molar-refractivity contribution in [2.45, 2.75) is 32.1 Å². The Kier molecular flexibility index (Phi) is 2.35. The highest BCUT2D eigenvalue weighted by atomic mass is 16.3. The predicted octanol–water partition coefficient (Wildman–Crippen LogP) is 3.19. The lowest BCUT2D eigenvalue weighted by molar-refractivity contribution is 0.395. The minimum atomic E-state index is 0.601. The number of aryl methyl sites for hydroxylation is 1. The second-order valence-corrected chi connectivity index (χ2v) is 4.75. The normalized spacial score (nSPS) is 17.6. The van der Waals surface area contributed by atoms with E-state index in [0.29, 0.717) is 12.2 Å². The molecule has 0 saturated heterocycles. The van der Waals surface area contributed by atoms with Gasteiger partial charge in [-0.1, -0.05) is 12.1 Å². The van der Waals surface area contributed by atoms with Crippen LogP contribution in [0.25, 0.3) is 0 Å². The van der Waals surface area contributed by atoms with Crippen LogP contribution >= 0.6 is 0 Å². The highest BCUT2D eigenvalue weighted by molar-refractivity contribution is 5.54. The fraction of sp³-hybridized carbons (Fsp3) is 0.429. The summed E-state index contributed by atoms with van der Waals surface area (Å²) >= 11 is 0. The minimum Gasteiger partial charge on any atom is -0.512 e. The van der Waals surface area contributed by atoms with E-state index >= 15 is 0 Å². The van der Waals surface area contributed by atoms with E-state index in [-0.39, 0.29) is 0 Å². The zero-order valence-electron chi connectivity index (χ0n) is 9.42. The molecular formula is C14H17NO. The maximum absolute atomic E-state index is 9.81. The van der Waals surface area contributed by atoms with Gasteiger partial charge in [0, 0.05) is 18.7 Å². The predicted molar refractivity (Wildman–Crippen MR) is 65.8 cm³/mol. The monoisotopic (exact) mass is 215 g/mol. The smallest absolute Gasteiger partial charge is 0.0958 e. The van der Waals surface area contributed by atoms with Gasteiger partial charge in [0.1, 0.15) is 0 Å². The van der Waals surface area contributed by atoms with E-state index in [0.717, 1.165) is 25.8 Å². The number of anilines is 1. The Labute approximate surface area is 96.0 Å². The van der Waals surface area contributed by atoms with Crippen molar-refractivity contribution in [3.8, 4) is 0 Å². The number of benzene rings is 1. The zero-order chi connectivity index (χ0) is 11.0. The van der Waals surface area contributed by atoms with E-state index in [9.17, 15) is 5.11 Å². The first-order valence-corrected chi connectivity index (χ1v) is 6.08. The lowest BCUT2D eigenvalue weighted by atomic mass is 9.99. The summed E-state index contributed by atoms with van der Waals surface area (Å²) < 4.78 is 0. The molecule has 1 aromatic rings. The molecule has 0 spiro atoms. The Morgan fingerprint density at radius 1 is 1.25 bits per heavy atom. The van der Waals surface area contributed by atoms with Gasteiger partial charge in [-0.05, 0) is 48.4 Å². The van der Waals surface area contributed by atoms with Crippen LogP contribution in [0.5, 0.6) is 0 Å². The first-order valence-electron chi connectivity index (χ1n) is 6.08. The maximum Gasteiger partial charge on any atom is 0.0958 e. The largest absolute Gasteiger partial charge is 0.512 e. The summed E-state index contributed by atoms with van der Waals surface area (Å²) in [5.41, 5.74) is 5.15. The highest BCUT2D eigenvalue weighted by Gasteiger charge is 2.17. The molecule has 0 radical (unpaired) electrons. The molecule has 2 aliphatic rings. The quantitative estimate of drug-likeness (QED) is 0.742. The summed E-state index contributed by atoms with van der Waals surface area (Å²) in [5, 5.41) is 13.2. The van der Waals surface area contributed by atoms with Gasteiger partial charge < -0.3 is 10.4 Å². The lowest BCUT2D eigenvalue weighted by Gasteiger charge is -2.18. The molecule has 16 heavy (non-hydrogen) atoms. The Balaban J connectivity index is 1.83. The van der Waals surface area contributed by atoms with E-state index in [4.69, 9.17) is 0 Å². The van der Waals surface area contributed by atoms with Gasteiger partial charge in [0.05, 0.1) is 5.76 Å². The van der Waals surface area contributed by atoms with Crippen LogP contribution in [-0.4, -0.2) is 11.7 Å². The van der Waals surface area contributed by atoms with Crippen LogP contribution < -0.4 is 5.32 Å². The number of allylic oxidation sites excluding steroid dienone is 2. The fourth-order valence-electron chi connectivity index (χ4n) is 2.31. The van der Waals surface area contributed by atoms with Crippen molar-refractivity contribution in [2.24, 2.45) is 0 Å². The highest BCUT2D eigenvalue weighted by Crippen LogP contribution is 2.32. The first-order chi connectivity index (χ1) is 7.83. The number of hydrogen-bond donors (Lipinski definition) is 2. The van der Waals surface area contributed by atoms with E-state index in [1.165, 1.54) is 28.8 Å². The van der Waals surface area contributed by atoms with E-state index in [1.807, 2.05) is 0 Å². The fourth-order valence-corrected chi connectivity index (χ4v) is 2.31. The van der Waals surface area contributed by atoms with Crippen LogP contribution in [0.4, 0.5) is 5.69 Å². The van der Waals surface area contributed by atoms with Gasteiger partial charge in [-0.3, -0.25) is 0 Å². The summed E-state index contributed by atoms with van der Waals surface area (Å²) in [7, 11) is 0. The van der Waals surface area contributed by atoms with Crippen LogP contribution in [0.1, 0.15) is 30.4 Å². The topological polar surface area (TPSA) is 32.3 Å². The SMILES string of the molecule is OC(Cc1ccc2c(c1)CCCN2)=C1CC1. The van der Waals surface area contributed by atoms with Crippen molar-refractivity contribution in [1.82, 2.24) is 0 Å². The van der Waals surface area contributed by atoms with Crippen LogP contribution in [-0.2, 0) is 12.8 Å². The number of fused-ring (bicyclic) bond motifs is 1. The lowest BCUT2D eigenvalue weighted by Crippen LogP contribution is -2.11. The minimum absolute atomic E-state index is 0.601. The molecule has 0 amide bonds. The third kappa shape index (κ3) is 1.92. The third-order valence-electron chi connectivity index (χ3n) is 3.39. The molecular weight excluding hydrogens is 198 g/mol. The molecule has 0 unspecified atom stereocenters. The molecule has 84 valence electrons.